The molecule has 0 aromatic carbocycles. The molecule has 0 amide bonds. The summed E-state index contributed by atoms with van der Waals surface area (Å²) in [6, 6.07) is 0. The minimum absolute atomic E-state index is 0.391. The van der Waals surface area contributed by atoms with E-state index >= 15 is 0 Å². The van der Waals surface area contributed by atoms with Crippen molar-refractivity contribution in [3.8, 4) is 0 Å². The Morgan fingerprint density at radius 3 is 2.43 bits per heavy atom. The van der Waals surface area contributed by atoms with Gasteiger partial charge in [0.2, 0.25) is 0 Å². The number of ether oxygens (including phenoxy) is 1. The van der Waals surface area contributed by atoms with Crippen LogP contribution < -0.4 is 0 Å². The molecule has 1 aliphatic heterocycles. The molecule has 1 heterocycles. The van der Waals surface area contributed by atoms with Crippen LogP contribution in [0.3, 0.4) is 0 Å². The van der Waals surface area contributed by atoms with Crippen LogP contribution in [-0.2, 0) is 4.74 Å². The number of rotatable bonds is 5. The number of hydrogen-bond acceptors (Lipinski definition) is 2. The molecule has 0 bridgehead atoms. The number of nitrogens with zero attached hydrogens (tertiary/aromatic N) is 1. The molecular weight excluding hydrogens is 174 g/mol. The maximum atomic E-state index is 5.74. The van der Waals surface area contributed by atoms with E-state index in [1.165, 1.54) is 32.5 Å². The normalized spacial score (nSPS) is 26.6. The number of likely N-dealkylation sites (tertiary alicyclic amines) is 1. The summed E-state index contributed by atoms with van der Waals surface area (Å²) >= 11 is 0. The van der Waals surface area contributed by atoms with Crippen molar-refractivity contribution >= 4 is 0 Å². The molecule has 82 valence electrons. The van der Waals surface area contributed by atoms with E-state index in [2.05, 4.69) is 25.7 Å². The second-order valence-electron chi connectivity index (χ2n) is 5.66. The molecule has 1 aliphatic carbocycles. The van der Waals surface area contributed by atoms with E-state index in [0.717, 1.165) is 12.5 Å². The third kappa shape index (κ3) is 2.48. The third-order valence-electron chi connectivity index (χ3n) is 3.38. The van der Waals surface area contributed by atoms with Crippen LogP contribution in [0.1, 0.15) is 33.6 Å². The molecule has 1 saturated heterocycles. The predicted molar refractivity (Wildman–Crippen MR) is 58.4 cm³/mol. The molecule has 0 N–H and O–H groups in total. The quantitative estimate of drug-likeness (QED) is 0.669. The van der Waals surface area contributed by atoms with Crippen LogP contribution in [0.4, 0.5) is 0 Å². The second kappa shape index (κ2) is 3.82. The standard InChI is InChI=1S/C12H23NO/c1-10(2)14-9-12(4-5-12)8-13-6-11(3)7-13/h10-11H,4-9H2,1-3H3. The first kappa shape index (κ1) is 10.4. The lowest BCUT2D eigenvalue weighted by molar-refractivity contribution is 0.0119. The van der Waals surface area contributed by atoms with Crippen molar-refractivity contribution < 1.29 is 4.74 Å². The maximum Gasteiger partial charge on any atom is 0.0538 e. The molecule has 2 heteroatoms. The molecular formula is C12H23NO. The van der Waals surface area contributed by atoms with Crippen LogP contribution in [0.2, 0.25) is 0 Å². The Hall–Kier alpha value is -0.0800. The van der Waals surface area contributed by atoms with Gasteiger partial charge < -0.3 is 9.64 Å². The highest BCUT2D eigenvalue weighted by molar-refractivity contribution is 4.97. The highest BCUT2D eigenvalue weighted by atomic mass is 16.5. The average Bonchev–Trinajstić information content (AvgIpc) is 2.80. The third-order valence-corrected chi connectivity index (χ3v) is 3.38. The van der Waals surface area contributed by atoms with E-state index in [-0.39, 0.29) is 0 Å². The lowest BCUT2D eigenvalue weighted by atomic mass is 9.99. The van der Waals surface area contributed by atoms with E-state index in [0.29, 0.717) is 11.5 Å². The van der Waals surface area contributed by atoms with Crippen molar-refractivity contribution in [2.45, 2.75) is 39.7 Å². The Kier molecular flexibility index (Phi) is 2.85. The minimum atomic E-state index is 0.391. The molecule has 0 unspecified atom stereocenters. The topological polar surface area (TPSA) is 12.5 Å². The molecule has 14 heavy (non-hydrogen) atoms. The van der Waals surface area contributed by atoms with Gasteiger partial charge in [-0.1, -0.05) is 6.92 Å². The Bertz CT molecular complexity index is 192. The van der Waals surface area contributed by atoms with Crippen molar-refractivity contribution in [3.05, 3.63) is 0 Å². The Morgan fingerprint density at radius 1 is 1.36 bits per heavy atom. The SMILES string of the molecule is CC1CN(CC2(COC(C)C)CC2)C1. The first-order chi connectivity index (χ1) is 6.60. The van der Waals surface area contributed by atoms with Crippen molar-refractivity contribution in [3.63, 3.8) is 0 Å². The summed E-state index contributed by atoms with van der Waals surface area (Å²) < 4.78 is 5.74. The lowest BCUT2D eigenvalue weighted by Crippen LogP contribution is -2.48. The highest BCUT2D eigenvalue weighted by Gasteiger charge is 2.45. The van der Waals surface area contributed by atoms with E-state index < -0.39 is 0 Å². The van der Waals surface area contributed by atoms with Gasteiger partial charge in [0.15, 0.2) is 0 Å². The van der Waals surface area contributed by atoms with Crippen LogP contribution in [0.5, 0.6) is 0 Å². The zero-order chi connectivity index (χ0) is 10.2. The fourth-order valence-corrected chi connectivity index (χ4v) is 2.30. The van der Waals surface area contributed by atoms with E-state index in [9.17, 15) is 0 Å². The van der Waals surface area contributed by atoms with Crippen LogP contribution >= 0.6 is 0 Å². The van der Waals surface area contributed by atoms with E-state index in [4.69, 9.17) is 4.74 Å². The summed E-state index contributed by atoms with van der Waals surface area (Å²) in [7, 11) is 0. The van der Waals surface area contributed by atoms with Crippen LogP contribution in [0.25, 0.3) is 0 Å². The maximum absolute atomic E-state index is 5.74. The van der Waals surface area contributed by atoms with Crippen molar-refractivity contribution in [2.75, 3.05) is 26.2 Å². The van der Waals surface area contributed by atoms with Crippen molar-refractivity contribution in [2.24, 2.45) is 11.3 Å². The summed E-state index contributed by atoms with van der Waals surface area (Å²) in [5.74, 6) is 0.928. The molecule has 2 fully saturated rings. The summed E-state index contributed by atoms with van der Waals surface area (Å²) in [5, 5.41) is 0. The van der Waals surface area contributed by atoms with Gasteiger partial charge in [-0.05, 0) is 32.6 Å². The van der Waals surface area contributed by atoms with Gasteiger partial charge in [-0.15, -0.1) is 0 Å². The molecule has 0 atom stereocenters. The van der Waals surface area contributed by atoms with Gasteiger partial charge in [0.05, 0.1) is 12.7 Å². The molecule has 2 nitrogen and oxygen atoms in total. The van der Waals surface area contributed by atoms with Gasteiger partial charge in [0, 0.05) is 25.0 Å². The lowest BCUT2D eigenvalue weighted by Gasteiger charge is -2.39. The second-order valence-corrected chi connectivity index (χ2v) is 5.66. The average molecular weight is 197 g/mol. The number of hydrogen-bond donors (Lipinski definition) is 0. The molecule has 0 aromatic heterocycles. The summed E-state index contributed by atoms with van der Waals surface area (Å²) in [4.78, 5) is 2.58. The summed E-state index contributed by atoms with van der Waals surface area (Å²) in [6.45, 7) is 11.5. The molecule has 1 saturated carbocycles. The van der Waals surface area contributed by atoms with Crippen molar-refractivity contribution in [1.29, 1.82) is 0 Å². The van der Waals surface area contributed by atoms with Gasteiger partial charge >= 0.3 is 0 Å². The van der Waals surface area contributed by atoms with E-state index in [1.807, 2.05) is 0 Å². The fourth-order valence-electron chi connectivity index (χ4n) is 2.30. The Morgan fingerprint density at radius 2 is 2.00 bits per heavy atom. The Labute approximate surface area is 87.6 Å². The molecule has 0 radical (unpaired) electrons. The summed E-state index contributed by atoms with van der Waals surface area (Å²) in [6.07, 6.45) is 3.15. The largest absolute Gasteiger partial charge is 0.378 e. The fraction of sp³-hybridized carbons (Fsp3) is 1.00. The smallest absolute Gasteiger partial charge is 0.0538 e. The van der Waals surface area contributed by atoms with E-state index in [1.54, 1.807) is 0 Å². The first-order valence-corrected chi connectivity index (χ1v) is 5.94. The predicted octanol–water partition coefficient (Wildman–Crippen LogP) is 2.14. The van der Waals surface area contributed by atoms with Crippen LogP contribution in [0, 0.1) is 11.3 Å². The van der Waals surface area contributed by atoms with Crippen LogP contribution in [-0.4, -0.2) is 37.2 Å². The summed E-state index contributed by atoms with van der Waals surface area (Å²) in [5.41, 5.74) is 0.546. The molecule has 2 rings (SSSR count). The van der Waals surface area contributed by atoms with Crippen molar-refractivity contribution in [1.82, 2.24) is 4.90 Å². The molecule has 0 aromatic rings. The highest BCUT2D eigenvalue weighted by Crippen LogP contribution is 2.47. The molecule has 2 aliphatic rings. The monoisotopic (exact) mass is 197 g/mol. The minimum Gasteiger partial charge on any atom is -0.378 e. The first-order valence-electron chi connectivity index (χ1n) is 5.94. The van der Waals surface area contributed by atoms with Crippen LogP contribution in [0.15, 0.2) is 0 Å². The molecule has 0 spiro atoms. The van der Waals surface area contributed by atoms with Gasteiger partial charge in [-0.2, -0.15) is 0 Å². The zero-order valence-corrected chi connectivity index (χ0v) is 9.75. The van der Waals surface area contributed by atoms with Gasteiger partial charge in [0.25, 0.3) is 0 Å². The Balaban J connectivity index is 1.68. The van der Waals surface area contributed by atoms with Gasteiger partial charge in [-0.3, -0.25) is 0 Å². The van der Waals surface area contributed by atoms with Gasteiger partial charge in [-0.25, -0.2) is 0 Å². The zero-order valence-electron chi connectivity index (χ0n) is 9.75. The van der Waals surface area contributed by atoms with Gasteiger partial charge in [0.1, 0.15) is 0 Å².